The molecule has 1 aromatic carbocycles. The first-order chi connectivity index (χ1) is 9.23. The molecule has 0 aliphatic rings. The number of carbonyl (C=O) groups is 1. The molecule has 0 spiro atoms. The van der Waals surface area contributed by atoms with Gasteiger partial charge in [0.05, 0.1) is 12.9 Å². The van der Waals surface area contributed by atoms with E-state index in [0.717, 1.165) is 5.56 Å². The van der Waals surface area contributed by atoms with Gasteiger partial charge in [0.15, 0.2) is 11.6 Å². The van der Waals surface area contributed by atoms with Crippen molar-refractivity contribution in [1.29, 1.82) is 0 Å². The van der Waals surface area contributed by atoms with Gasteiger partial charge in [0, 0.05) is 18.3 Å². The molecule has 1 rings (SSSR count). The summed E-state index contributed by atoms with van der Waals surface area (Å²) in [6.45, 7) is 6.61. The highest BCUT2D eigenvalue weighted by Crippen LogP contribution is 2.23. The topological polar surface area (TPSA) is 29.5 Å². The van der Waals surface area contributed by atoms with Crippen LogP contribution in [0.25, 0.3) is 0 Å². The number of halogens is 1. The number of hydrogen-bond acceptors (Lipinski definition) is 3. The van der Waals surface area contributed by atoms with Crippen LogP contribution in [-0.4, -0.2) is 35.5 Å². The number of rotatable bonds is 5. The van der Waals surface area contributed by atoms with E-state index in [0.29, 0.717) is 12.3 Å². The first-order valence-corrected chi connectivity index (χ1v) is 7.42. The van der Waals surface area contributed by atoms with Crippen molar-refractivity contribution in [3.05, 3.63) is 29.6 Å². The van der Waals surface area contributed by atoms with Gasteiger partial charge in [0.25, 0.3) is 0 Å². The summed E-state index contributed by atoms with van der Waals surface area (Å²) in [5.41, 5.74) is 0.750. The van der Waals surface area contributed by atoms with Crippen LogP contribution in [0.4, 0.5) is 4.39 Å². The second kappa shape index (κ2) is 6.97. The average Bonchev–Trinajstić information content (AvgIpc) is 2.35. The van der Waals surface area contributed by atoms with Crippen LogP contribution in [0.3, 0.4) is 0 Å². The summed E-state index contributed by atoms with van der Waals surface area (Å²) >= 11 is 1.60. The maximum absolute atomic E-state index is 13.6. The van der Waals surface area contributed by atoms with Gasteiger partial charge in [-0.05, 0) is 17.7 Å². The molecule has 3 nitrogen and oxygen atoms in total. The fraction of sp³-hybridized carbons (Fsp3) is 0.533. The summed E-state index contributed by atoms with van der Waals surface area (Å²) < 4.78 is 18.5. The normalized spacial score (nSPS) is 11.3. The fourth-order valence-corrected chi connectivity index (χ4v) is 2.34. The van der Waals surface area contributed by atoms with Crippen LogP contribution < -0.4 is 4.74 Å². The lowest BCUT2D eigenvalue weighted by Crippen LogP contribution is -2.29. The minimum absolute atomic E-state index is 0.0427. The largest absolute Gasteiger partial charge is 0.494 e. The van der Waals surface area contributed by atoms with Crippen LogP contribution >= 0.6 is 11.8 Å². The second-order valence-corrected chi connectivity index (χ2v) is 7.42. The summed E-state index contributed by atoms with van der Waals surface area (Å²) in [4.78, 5) is 13.6. The predicted molar refractivity (Wildman–Crippen MR) is 81.6 cm³/mol. The van der Waals surface area contributed by atoms with E-state index in [-0.39, 0.29) is 16.4 Å². The Hall–Kier alpha value is -1.23. The van der Waals surface area contributed by atoms with Gasteiger partial charge in [-0.25, -0.2) is 4.39 Å². The van der Waals surface area contributed by atoms with Crippen molar-refractivity contribution >= 4 is 17.7 Å². The molecular formula is C15H22FNO2S. The molecule has 0 saturated heterocycles. The van der Waals surface area contributed by atoms with Crippen LogP contribution in [0.15, 0.2) is 18.2 Å². The third-order valence-electron chi connectivity index (χ3n) is 2.69. The third kappa shape index (κ3) is 5.41. The first kappa shape index (κ1) is 16.8. The molecule has 0 aromatic heterocycles. The van der Waals surface area contributed by atoms with E-state index in [1.165, 1.54) is 13.2 Å². The molecule has 0 atom stereocenters. The standard InChI is InChI=1S/C15H22FNO2S/c1-15(2,3)20-10-14(18)17(4)9-11-6-7-13(19-5)12(16)8-11/h6-8H,9-10H2,1-5H3. The van der Waals surface area contributed by atoms with Crippen LogP contribution in [-0.2, 0) is 11.3 Å². The molecule has 5 heteroatoms. The van der Waals surface area contributed by atoms with Crippen LogP contribution in [0, 0.1) is 5.82 Å². The smallest absolute Gasteiger partial charge is 0.232 e. The fourth-order valence-electron chi connectivity index (χ4n) is 1.56. The van der Waals surface area contributed by atoms with Crippen molar-refractivity contribution in [3.8, 4) is 5.75 Å². The number of methoxy groups -OCH3 is 1. The zero-order valence-corrected chi connectivity index (χ0v) is 13.5. The number of carbonyl (C=O) groups excluding carboxylic acids is 1. The predicted octanol–water partition coefficient (Wildman–Crippen LogP) is 3.32. The van der Waals surface area contributed by atoms with E-state index < -0.39 is 5.82 Å². The lowest BCUT2D eigenvalue weighted by atomic mass is 10.2. The van der Waals surface area contributed by atoms with Crippen molar-refractivity contribution in [2.24, 2.45) is 0 Å². The van der Waals surface area contributed by atoms with Crippen molar-refractivity contribution in [1.82, 2.24) is 4.90 Å². The van der Waals surface area contributed by atoms with E-state index in [2.05, 4.69) is 20.8 Å². The highest BCUT2D eigenvalue weighted by atomic mass is 32.2. The molecule has 0 N–H and O–H groups in total. The monoisotopic (exact) mass is 299 g/mol. The minimum atomic E-state index is -0.407. The first-order valence-electron chi connectivity index (χ1n) is 6.43. The summed E-state index contributed by atoms with van der Waals surface area (Å²) in [6.07, 6.45) is 0. The molecule has 0 aliphatic heterocycles. The Kier molecular flexibility index (Phi) is 5.87. The summed E-state index contributed by atoms with van der Waals surface area (Å²) in [6, 6.07) is 4.75. The zero-order valence-electron chi connectivity index (χ0n) is 12.7. The van der Waals surface area contributed by atoms with E-state index in [1.807, 2.05) is 0 Å². The van der Waals surface area contributed by atoms with Gasteiger partial charge in [-0.2, -0.15) is 0 Å². The molecule has 0 saturated carbocycles. The number of benzene rings is 1. The third-order valence-corrected chi connectivity index (χ3v) is 3.95. The van der Waals surface area contributed by atoms with Gasteiger partial charge >= 0.3 is 0 Å². The molecule has 0 fully saturated rings. The van der Waals surface area contributed by atoms with Crippen molar-refractivity contribution in [2.75, 3.05) is 19.9 Å². The molecule has 1 aromatic rings. The molecule has 1 amide bonds. The van der Waals surface area contributed by atoms with Gasteiger partial charge in [0.1, 0.15) is 0 Å². The van der Waals surface area contributed by atoms with Gasteiger partial charge in [-0.3, -0.25) is 4.79 Å². The molecule has 112 valence electrons. The molecule has 0 unspecified atom stereocenters. The Morgan fingerprint density at radius 2 is 2.05 bits per heavy atom. The van der Waals surface area contributed by atoms with E-state index in [1.54, 1.807) is 35.8 Å². The lowest BCUT2D eigenvalue weighted by Gasteiger charge is -2.21. The van der Waals surface area contributed by atoms with Crippen molar-refractivity contribution in [2.45, 2.75) is 32.1 Å². The maximum Gasteiger partial charge on any atom is 0.232 e. The number of hydrogen-bond donors (Lipinski definition) is 0. The lowest BCUT2D eigenvalue weighted by molar-refractivity contribution is -0.127. The summed E-state index contributed by atoms with van der Waals surface area (Å²) in [5.74, 6) is 0.278. The highest BCUT2D eigenvalue weighted by molar-refractivity contribution is 8.01. The number of ether oxygens (including phenoxy) is 1. The summed E-state index contributed by atoms with van der Waals surface area (Å²) in [7, 11) is 3.16. The van der Waals surface area contributed by atoms with Gasteiger partial charge < -0.3 is 9.64 Å². The Labute approximate surface area is 124 Å². The Balaban J connectivity index is 2.59. The molecule has 0 aliphatic carbocycles. The Morgan fingerprint density at radius 3 is 2.55 bits per heavy atom. The van der Waals surface area contributed by atoms with Crippen LogP contribution in [0.1, 0.15) is 26.3 Å². The minimum Gasteiger partial charge on any atom is -0.494 e. The van der Waals surface area contributed by atoms with Crippen molar-refractivity contribution < 1.29 is 13.9 Å². The molecule has 20 heavy (non-hydrogen) atoms. The Morgan fingerprint density at radius 1 is 1.40 bits per heavy atom. The number of thioether (sulfide) groups is 1. The van der Waals surface area contributed by atoms with Crippen LogP contribution in [0.5, 0.6) is 5.75 Å². The molecule has 0 bridgehead atoms. The average molecular weight is 299 g/mol. The van der Waals surface area contributed by atoms with Gasteiger partial charge in [0.2, 0.25) is 5.91 Å². The quantitative estimate of drug-likeness (QED) is 0.835. The Bertz CT molecular complexity index is 471. The second-order valence-electron chi connectivity index (χ2n) is 5.62. The van der Waals surface area contributed by atoms with Gasteiger partial charge in [-0.15, -0.1) is 11.8 Å². The SMILES string of the molecule is COc1ccc(CN(C)C(=O)CSC(C)(C)C)cc1F. The molecule has 0 heterocycles. The van der Waals surface area contributed by atoms with E-state index in [9.17, 15) is 9.18 Å². The molecule has 0 radical (unpaired) electrons. The van der Waals surface area contributed by atoms with E-state index >= 15 is 0 Å². The maximum atomic E-state index is 13.6. The highest BCUT2D eigenvalue weighted by Gasteiger charge is 2.16. The number of nitrogens with zero attached hydrogens (tertiary/aromatic N) is 1. The summed E-state index contributed by atoms with van der Waals surface area (Å²) in [5, 5.41) is 0. The molecular weight excluding hydrogens is 277 g/mol. The van der Waals surface area contributed by atoms with Crippen LogP contribution in [0.2, 0.25) is 0 Å². The number of amides is 1. The van der Waals surface area contributed by atoms with Gasteiger partial charge in [-0.1, -0.05) is 26.8 Å². The van der Waals surface area contributed by atoms with E-state index in [4.69, 9.17) is 4.74 Å². The zero-order chi connectivity index (χ0) is 15.3. The van der Waals surface area contributed by atoms with Crippen molar-refractivity contribution in [3.63, 3.8) is 0 Å².